The van der Waals surface area contributed by atoms with Gasteiger partial charge in [-0.25, -0.2) is 9.59 Å². The minimum Gasteiger partial charge on any atom is -0.464 e. The molecule has 6 heteroatoms. The molecule has 0 N–H and O–H groups in total. The summed E-state index contributed by atoms with van der Waals surface area (Å²) in [6, 6.07) is 1.67. The molecule has 6 nitrogen and oxygen atoms in total. The normalized spacial score (nSPS) is 30.0. The molecule has 2 rings (SSSR count). The minimum absolute atomic E-state index is 0.309. The third kappa shape index (κ3) is 4.15. The molecule has 0 spiro atoms. The Hall–Kier alpha value is -1.77. The van der Waals surface area contributed by atoms with Gasteiger partial charge in [0.15, 0.2) is 0 Å². The van der Waals surface area contributed by atoms with Crippen LogP contribution in [0, 0.1) is 29.1 Å². The van der Waals surface area contributed by atoms with Gasteiger partial charge in [-0.05, 0) is 50.4 Å². The summed E-state index contributed by atoms with van der Waals surface area (Å²) >= 11 is 0. The first-order valence-electron chi connectivity index (χ1n) is 8.48. The van der Waals surface area contributed by atoms with Gasteiger partial charge in [-0.1, -0.05) is 6.42 Å². The first kappa shape index (κ1) is 17.6. The molecule has 0 radical (unpaired) electrons. The zero-order valence-corrected chi connectivity index (χ0v) is 14.0. The van der Waals surface area contributed by atoms with E-state index in [1.807, 2.05) is 0 Å². The quantitative estimate of drug-likeness (QED) is 0.744. The molecule has 1 aliphatic heterocycles. The molecule has 1 saturated heterocycles. The van der Waals surface area contributed by atoms with Gasteiger partial charge in [-0.3, -0.25) is 4.90 Å². The summed E-state index contributed by atoms with van der Waals surface area (Å²) in [6.45, 7) is 2.64. The van der Waals surface area contributed by atoms with E-state index in [2.05, 4.69) is 6.07 Å². The van der Waals surface area contributed by atoms with E-state index in [4.69, 9.17) is 14.7 Å². The van der Waals surface area contributed by atoms with Crippen LogP contribution >= 0.6 is 0 Å². The van der Waals surface area contributed by atoms with Crippen molar-refractivity contribution < 1.29 is 19.1 Å². The lowest BCUT2D eigenvalue weighted by Gasteiger charge is -2.46. The molecule has 2 aliphatic rings. The van der Waals surface area contributed by atoms with E-state index < -0.39 is 12.1 Å². The lowest BCUT2D eigenvalue weighted by molar-refractivity contribution is -0.152. The average Bonchev–Trinajstić information content (AvgIpc) is 2.58. The number of methoxy groups -OCH3 is 1. The van der Waals surface area contributed by atoms with Crippen LogP contribution in [0.2, 0.25) is 0 Å². The van der Waals surface area contributed by atoms with Gasteiger partial charge >= 0.3 is 12.1 Å². The molecule has 0 aromatic rings. The zero-order valence-electron chi connectivity index (χ0n) is 14.0. The van der Waals surface area contributed by atoms with Crippen molar-refractivity contribution in [2.24, 2.45) is 17.8 Å². The van der Waals surface area contributed by atoms with Gasteiger partial charge in [-0.2, -0.15) is 5.26 Å². The number of carbonyl (C=O) groups is 2. The fraction of sp³-hybridized carbons (Fsp3) is 0.824. The van der Waals surface area contributed by atoms with E-state index in [1.54, 1.807) is 6.92 Å². The van der Waals surface area contributed by atoms with Crippen molar-refractivity contribution in [2.45, 2.75) is 51.5 Å². The number of amides is 1. The van der Waals surface area contributed by atoms with E-state index in [1.165, 1.54) is 12.0 Å². The highest BCUT2D eigenvalue weighted by atomic mass is 16.6. The SMILES string of the molecule is CCOC(=O)[C@H]1C[C@H]2CC(CCC#N)CC[C@H]2CN1C(=O)OC. The van der Waals surface area contributed by atoms with Gasteiger partial charge in [0.1, 0.15) is 6.04 Å². The standard InChI is InChI=1S/C17H26N2O4/c1-3-23-16(20)15-10-14-9-12(5-4-8-18)6-7-13(14)11-19(15)17(21)22-2/h12-15H,3-7,9-11H2,1-2H3/t12?,13-,14+,15+/m0/s1. The number of fused-ring (bicyclic) bond motifs is 1. The summed E-state index contributed by atoms with van der Waals surface area (Å²) in [6.07, 6.45) is 4.90. The summed E-state index contributed by atoms with van der Waals surface area (Å²) in [5, 5.41) is 8.76. The molecule has 0 bridgehead atoms. The Labute approximate surface area is 137 Å². The summed E-state index contributed by atoms with van der Waals surface area (Å²) in [5.74, 6) is 1.06. The molecular weight excluding hydrogens is 296 g/mol. The number of nitrogens with zero attached hydrogens (tertiary/aromatic N) is 2. The lowest BCUT2D eigenvalue weighted by Crippen LogP contribution is -2.55. The molecule has 4 atom stereocenters. The van der Waals surface area contributed by atoms with Crippen LogP contribution < -0.4 is 0 Å². The fourth-order valence-corrected chi connectivity index (χ4v) is 4.06. The third-order valence-corrected chi connectivity index (χ3v) is 5.21. The van der Waals surface area contributed by atoms with Crippen LogP contribution in [0.5, 0.6) is 0 Å². The van der Waals surface area contributed by atoms with Gasteiger partial charge in [0.2, 0.25) is 0 Å². The molecule has 128 valence electrons. The van der Waals surface area contributed by atoms with Gasteiger partial charge < -0.3 is 9.47 Å². The number of rotatable bonds is 4. The molecule has 1 amide bonds. The third-order valence-electron chi connectivity index (χ3n) is 5.21. The van der Waals surface area contributed by atoms with Crippen LogP contribution in [0.25, 0.3) is 0 Å². The number of hydrogen-bond donors (Lipinski definition) is 0. The highest BCUT2D eigenvalue weighted by Gasteiger charge is 2.44. The predicted octanol–water partition coefficient (Wildman–Crippen LogP) is 2.73. The summed E-state index contributed by atoms with van der Waals surface area (Å²) in [5.41, 5.74) is 0. The molecule has 2 fully saturated rings. The second kappa shape index (κ2) is 8.19. The number of piperidine rings is 1. The van der Waals surface area contributed by atoms with Crippen LogP contribution in [0.1, 0.15) is 45.4 Å². The number of likely N-dealkylation sites (tertiary alicyclic amines) is 1. The molecule has 1 unspecified atom stereocenters. The Morgan fingerprint density at radius 2 is 2.04 bits per heavy atom. The van der Waals surface area contributed by atoms with E-state index in [0.717, 1.165) is 25.7 Å². The maximum Gasteiger partial charge on any atom is 0.410 e. The van der Waals surface area contributed by atoms with Crippen LogP contribution in [0.15, 0.2) is 0 Å². The second-order valence-electron chi connectivity index (χ2n) is 6.52. The zero-order chi connectivity index (χ0) is 16.8. The Balaban J connectivity index is 2.06. The molecule has 0 aromatic heterocycles. The molecule has 1 aliphatic carbocycles. The number of hydrogen-bond acceptors (Lipinski definition) is 5. The maximum atomic E-state index is 12.2. The maximum absolute atomic E-state index is 12.2. The van der Waals surface area contributed by atoms with E-state index >= 15 is 0 Å². The Morgan fingerprint density at radius 3 is 2.70 bits per heavy atom. The van der Waals surface area contributed by atoms with Gasteiger partial charge in [0, 0.05) is 13.0 Å². The summed E-state index contributed by atoms with van der Waals surface area (Å²) in [7, 11) is 1.34. The number of ether oxygens (including phenoxy) is 2. The topological polar surface area (TPSA) is 79.6 Å². The highest BCUT2D eigenvalue weighted by Crippen LogP contribution is 2.42. The van der Waals surface area contributed by atoms with Crippen LogP contribution in [0.4, 0.5) is 4.79 Å². The number of esters is 1. The lowest BCUT2D eigenvalue weighted by atomic mass is 9.68. The molecule has 23 heavy (non-hydrogen) atoms. The Bertz CT molecular complexity index is 474. The molecule has 0 aromatic carbocycles. The predicted molar refractivity (Wildman–Crippen MR) is 83.3 cm³/mol. The van der Waals surface area contributed by atoms with Crippen molar-refractivity contribution in [1.29, 1.82) is 5.26 Å². The van der Waals surface area contributed by atoms with Crippen molar-refractivity contribution in [1.82, 2.24) is 4.90 Å². The number of carbonyl (C=O) groups excluding carboxylic acids is 2. The van der Waals surface area contributed by atoms with Crippen molar-refractivity contribution in [2.75, 3.05) is 20.3 Å². The summed E-state index contributed by atoms with van der Waals surface area (Å²) < 4.78 is 9.99. The molecule has 1 saturated carbocycles. The minimum atomic E-state index is -0.543. The second-order valence-corrected chi connectivity index (χ2v) is 6.52. The van der Waals surface area contributed by atoms with Gasteiger partial charge in [-0.15, -0.1) is 0 Å². The van der Waals surface area contributed by atoms with Crippen LogP contribution in [-0.4, -0.2) is 43.3 Å². The average molecular weight is 322 g/mol. The number of nitriles is 1. The monoisotopic (exact) mass is 322 g/mol. The van der Waals surface area contributed by atoms with E-state index in [0.29, 0.717) is 43.7 Å². The van der Waals surface area contributed by atoms with Crippen molar-refractivity contribution >= 4 is 12.1 Å². The van der Waals surface area contributed by atoms with Crippen molar-refractivity contribution in [3.05, 3.63) is 0 Å². The largest absolute Gasteiger partial charge is 0.464 e. The van der Waals surface area contributed by atoms with E-state index in [-0.39, 0.29) is 5.97 Å². The highest BCUT2D eigenvalue weighted by molar-refractivity contribution is 5.81. The smallest absolute Gasteiger partial charge is 0.410 e. The molecular formula is C17H26N2O4. The first-order chi connectivity index (χ1) is 11.1. The first-order valence-corrected chi connectivity index (χ1v) is 8.48. The van der Waals surface area contributed by atoms with Crippen molar-refractivity contribution in [3.8, 4) is 6.07 Å². The Kier molecular flexibility index (Phi) is 6.26. The van der Waals surface area contributed by atoms with Gasteiger partial charge in [0.05, 0.1) is 19.8 Å². The molecule has 1 heterocycles. The summed E-state index contributed by atoms with van der Waals surface area (Å²) in [4.78, 5) is 25.8. The van der Waals surface area contributed by atoms with Gasteiger partial charge in [0.25, 0.3) is 0 Å². The van der Waals surface area contributed by atoms with Crippen LogP contribution in [-0.2, 0) is 14.3 Å². The van der Waals surface area contributed by atoms with Crippen LogP contribution in [0.3, 0.4) is 0 Å². The van der Waals surface area contributed by atoms with Crippen molar-refractivity contribution in [3.63, 3.8) is 0 Å². The Morgan fingerprint density at radius 1 is 1.26 bits per heavy atom. The fourth-order valence-electron chi connectivity index (χ4n) is 4.06. The van der Waals surface area contributed by atoms with E-state index in [9.17, 15) is 9.59 Å².